The summed E-state index contributed by atoms with van der Waals surface area (Å²) in [6, 6.07) is 10.8. The Morgan fingerprint density at radius 3 is 2.56 bits per heavy atom. The molecule has 1 aromatic carbocycles. The predicted molar refractivity (Wildman–Crippen MR) is 79.3 cm³/mol. The lowest BCUT2D eigenvalue weighted by Gasteiger charge is -2.14. The van der Waals surface area contributed by atoms with Crippen LogP contribution >= 0.6 is 11.6 Å². The van der Waals surface area contributed by atoms with Gasteiger partial charge in [0.25, 0.3) is 0 Å². The van der Waals surface area contributed by atoms with Gasteiger partial charge in [-0.1, -0.05) is 30.3 Å². The van der Waals surface area contributed by atoms with Crippen molar-refractivity contribution in [2.75, 3.05) is 19.0 Å². The molecule has 0 radical (unpaired) electrons. The van der Waals surface area contributed by atoms with Gasteiger partial charge in [-0.05, 0) is 56.0 Å². The summed E-state index contributed by atoms with van der Waals surface area (Å²) in [4.78, 5) is 0. The zero-order valence-corrected chi connectivity index (χ0v) is 11.9. The highest BCUT2D eigenvalue weighted by Crippen LogP contribution is 2.48. The van der Waals surface area contributed by atoms with Crippen molar-refractivity contribution in [1.82, 2.24) is 5.32 Å². The van der Waals surface area contributed by atoms with Crippen LogP contribution in [-0.2, 0) is 6.42 Å². The molecular weight excluding hydrogens is 242 g/mol. The Morgan fingerprint density at radius 2 is 1.89 bits per heavy atom. The zero-order valence-electron chi connectivity index (χ0n) is 11.1. The molecule has 0 aliphatic heterocycles. The molecule has 0 atom stereocenters. The van der Waals surface area contributed by atoms with Crippen LogP contribution in [0.4, 0.5) is 0 Å². The van der Waals surface area contributed by atoms with Crippen LogP contribution in [0.15, 0.2) is 30.3 Å². The number of hydrogen-bond donors (Lipinski definition) is 1. The number of benzene rings is 1. The lowest BCUT2D eigenvalue weighted by molar-refractivity contribution is 0.442. The summed E-state index contributed by atoms with van der Waals surface area (Å²) in [6.45, 7) is 2.32. The number of halogens is 1. The van der Waals surface area contributed by atoms with Crippen LogP contribution in [-0.4, -0.2) is 19.0 Å². The molecule has 18 heavy (non-hydrogen) atoms. The summed E-state index contributed by atoms with van der Waals surface area (Å²) in [7, 11) is 0. The maximum Gasteiger partial charge on any atom is 0.0229 e. The van der Waals surface area contributed by atoms with Gasteiger partial charge in [0.05, 0.1) is 0 Å². The van der Waals surface area contributed by atoms with Gasteiger partial charge in [-0.2, -0.15) is 0 Å². The first-order valence-electron chi connectivity index (χ1n) is 7.15. The molecule has 0 aromatic heterocycles. The van der Waals surface area contributed by atoms with Gasteiger partial charge in [0.2, 0.25) is 0 Å². The molecule has 1 aliphatic carbocycles. The average Bonchev–Trinajstić information content (AvgIpc) is 3.15. The number of hydrogen-bond acceptors (Lipinski definition) is 1. The third kappa shape index (κ3) is 4.62. The predicted octanol–water partition coefficient (Wildman–Crippen LogP) is 4.01. The molecule has 0 unspecified atom stereocenters. The van der Waals surface area contributed by atoms with E-state index >= 15 is 0 Å². The Bertz CT molecular complexity index is 332. The molecule has 1 nitrogen and oxygen atoms in total. The number of aryl methyl sites for hydroxylation is 1. The van der Waals surface area contributed by atoms with Gasteiger partial charge in [-0.3, -0.25) is 0 Å². The third-order valence-corrected chi connectivity index (χ3v) is 4.18. The topological polar surface area (TPSA) is 12.0 Å². The molecule has 2 heteroatoms. The van der Waals surface area contributed by atoms with E-state index in [1.165, 1.54) is 50.6 Å². The normalized spacial score (nSPS) is 16.7. The first-order chi connectivity index (χ1) is 8.85. The summed E-state index contributed by atoms with van der Waals surface area (Å²) in [5, 5.41) is 3.60. The number of nitrogens with one attached hydrogen (secondary N) is 1. The second-order valence-corrected chi connectivity index (χ2v) is 5.94. The molecule has 2 rings (SSSR count). The quantitative estimate of drug-likeness (QED) is 0.526. The Hall–Kier alpha value is -0.530. The van der Waals surface area contributed by atoms with Crippen molar-refractivity contribution < 1.29 is 0 Å². The van der Waals surface area contributed by atoms with Gasteiger partial charge in [0.1, 0.15) is 0 Å². The summed E-state index contributed by atoms with van der Waals surface area (Å²) >= 11 is 5.83. The molecule has 0 saturated heterocycles. The lowest BCUT2D eigenvalue weighted by atomic mass is 10.0. The minimum Gasteiger partial charge on any atom is -0.316 e. The van der Waals surface area contributed by atoms with Crippen molar-refractivity contribution in [2.45, 2.75) is 38.5 Å². The molecule has 1 aromatic rings. The minimum atomic E-state index is 0.571. The molecule has 1 saturated carbocycles. The standard InChI is InChI=1S/C16H24ClN/c17-12-11-16(9-10-16)14-18-13-5-4-8-15-6-2-1-3-7-15/h1-3,6-7,18H,4-5,8-14H2. The van der Waals surface area contributed by atoms with E-state index in [-0.39, 0.29) is 0 Å². The third-order valence-electron chi connectivity index (χ3n) is 3.99. The Kier molecular flexibility index (Phi) is 5.52. The lowest BCUT2D eigenvalue weighted by Crippen LogP contribution is -2.25. The van der Waals surface area contributed by atoms with Crippen LogP contribution in [0.3, 0.4) is 0 Å². The SMILES string of the molecule is ClCCC1(CNCCCCc2ccccc2)CC1. The average molecular weight is 266 g/mol. The van der Waals surface area contributed by atoms with Crippen molar-refractivity contribution in [3.63, 3.8) is 0 Å². The fraction of sp³-hybridized carbons (Fsp3) is 0.625. The van der Waals surface area contributed by atoms with Crippen LogP contribution in [0.2, 0.25) is 0 Å². The highest BCUT2D eigenvalue weighted by molar-refractivity contribution is 6.17. The number of alkyl halides is 1. The number of unbranched alkanes of at least 4 members (excludes halogenated alkanes) is 1. The Labute approximate surface area is 116 Å². The van der Waals surface area contributed by atoms with Crippen molar-refractivity contribution in [2.24, 2.45) is 5.41 Å². The Morgan fingerprint density at radius 1 is 1.11 bits per heavy atom. The van der Waals surface area contributed by atoms with Crippen LogP contribution in [0.5, 0.6) is 0 Å². The molecule has 0 spiro atoms. The van der Waals surface area contributed by atoms with E-state index < -0.39 is 0 Å². The van der Waals surface area contributed by atoms with Gasteiger partial charge >= 0.3 is 0 Å². The van der Waals surface area contributed by atoms with Crippen LogP contribution in [0.1, 0.15) is 37.7 Å². The van der Waals surface area contributed by atoms with E-state index in [2.05, 4.69) is 35.6 Å². The zero-order chi connectivity index (χ0) is 12.7. The van der Waals surface area contributed by atoms with Gasteiger partial charge in [0, 0.05) is 12.4 Å². The maximum absolute atomic E-state index is 5.83. The molecular formula is C16H24ClN. The second kappa shape index (κ2) is 7.16. The van der Waals surface area contributed by atoms with E-state index in [4.69, 9.17) is 11.6 Å². The van der Waals surface area contributed by atoms with E-state index in [0.29, 0.717) is 5.41 Å². The van der Waals surface area contributed by atoms with E-state index in [9.17, 15) is 0 Å². The van der Waals surface area contributed by atoms with Crippen LogP contribution in [0.25, 0.3) is 0 Å². The first-order valence-corrected chi connectivity index (χ1v) is 7.69. The molecule has 1 fully saturated rings. The van der Waals surface area contributed by atoms with E-state index in [1.807, 2.05) is 0 Å². The summed E-state index contributed by atoms with van der Waals surface area (Å²) < 4.78 is 0. The van der Waals surface area contributed by atoms with Gasteiger partial charge in [-0.15, -0.1) is 11.6 Å². The van der Waals surface area contributed by atoms with E-state index in [1.54, 1.807) is 0 Å². The molecule has 1 aliphatic rings. The molecule has 0 heterocycles. The fourth-order valence-electron chi connectivity index (χ4n) is 2.47. The first kappa shape index (κ1) is 13.9. The van der Waals surface area contributed by atoms with Crippen molar-refractivity contribution >= 4 is 11.6 Å². The minimum absolute atomic E-state index is 0.571. The smallest absolute Gasteiger partial charge is 0.0229 e. The molecule has 0 amide bonds. The van der Waals surface area contributed by atoms with Gasteiger partial charge in [-0.25, -0.2) is 0 Å². The summed E-state index contributed by atoms with van der Waals surface area (Å²) in [6.07, 6.45) is 7.68. The molecule has 0 bridgehead atoms. The Balaban J connectivity index is 1.49. The van der Waals surface area contributed by atoms with Crippen LogP contribution in [0, 0.1) is 5.41 Å². The monoisotopic (exact) mass is 265 g/mol. The number of rotatable bonds is 9. The van der Waals surface area contributed by atoms with Crippen LogP contribution < -0.4 is 5.32 Å². The second-order valence-electron chi connectivity index (χ2n) is 5.56. The highest BCUT2D eigenvalue weighted by Gasteiger charge is 2.40. The molecule has 100 valence electrons. The van der Waals surface area contributed by atoms with Gasteiger partial charge < -0.3 is 5.32 Å². The van der Waals surface area contributed by atoms with E-state index in [0.717, 1.165) is 12.4 Å². The van der Waals surface area contributed by atoms with Crippen molar-refractivity contribution in [1.29, 1.82) is 0 Å². The van der Waals surface area contributed by atoms with Gasteiger partial charge in [0.15, 0.2) is 0 Å². The fourth-order valence-corrected chi connectivity index (χ4v) is 2.87. The molecule has 1 N–H and O–H groups in total. The maximum atomic E-state index is 5.83. The highest BCUT2D eigenvalue weighted by atomic mass is 35.5. The summed E-state index contributed by atoms with van der Waals surface area (Å²) in [5.74, 6) is 0.815. The largest absolute Gasteiger partial charge is 0.316 e. The van der Waals surface area contributed by atoms with Crippen molar-refractivity contribution in [3.05, 3.63) is 35.9 Å². The summed E-state index contributed by atoms with van der Waals surface area (Å²) in [5.41, 5.74) is 2.03. The van der Waals surface area contributed by atoms with Crippen molar-refractivity contribution in [3.8, 4) is 0 Å².